The molecular weight excluding hydrogens is 356 g/mol. The van der Waals surface area contributed by atoms with E-state index in [0.717, 1.165) is 16.5 Å². The summed E-state index contributed by atoms with van der Waals surface area (Å²) in [4.78, 5) is 12.2. The molecule has 1 saturated carbocycles. The van der Waals surface area contributed by atoms with Crippen molar-refractivity contribution >= 4 is 34.1 Å². The molecule has 4 rings (SSSR count). The van der Waals surface area contributed by atoms with Gasteiger partial charge in [-0.05, 0) is 31.9 Å². The predicted octanol–water partition coefficient (Wildman–Crippen LogP) is 3.04. The predicted molar refractivity (Wildman–Crippen MR) is 97.3 cm³/mol. The van der Waals surface area contributed by atoms with Crippen molar-refractivity contribution < 1.29 is 4.79 Å². The van der Waals surface area contributed by atoms with E-state index >= 15 is 0 Å². The summed E-state index contributed by atoms with van der Waals surface area (Å²) in [6.07, 6.45) is 2.35. The molecule has 0 aliphatic heterocycles. The molecule has 0 spiro atoms. The molecule has 0 atom stereocenters. The molecule has 9 heteroatoms. The molecule has 128 valence electrons. The number of aromatic nitrogens is 5. The summed E-state index contributed by atoms with van der Waals surface area (Å²) in [6.45, 7) is 1.89. The first kappa shape index (κ1) is 16.2. The Morgan fingerprint density at radius 3 is 2.80 bits per heavy atom. The van der Waals surface area contributed by atoms with Gasteiger partial charge >= 0.3 is 0 Å². The van der Waals surface area contributed by atoms with Gasteiger partial charge in [-0.2, -0.15) is 0 Å². The number of aryl methyl sites for hydroxylation is 1. The van der Waals surface area contributed by atoms with Crippen LogP contribution in [0.15, 0.2) is 35.5 Å². The van der Waals surface area contributed by atoms with Crippen LogP contribution in [0, 0.1) is 6.92 Å². The van der Waals surface area contributed by atoms with Gasteiger partial charge in [0.1, 0.15) is 10.8 Å². The van der Waals surface area contributed by atoms with E-state index < -0.39 is 0 Å². The number of hydrogen-bond acceptors (Lipinski definition) is 7. The first-order chi connectivity index (χ1) is 12.2. The van der Waals surface area contributed by atoms with Gasteiger partial charge in [-0.1, -0.05) is 41.3 Å². The molecule has 1 aliphatic rings. The highest BCUT2D eigenvalue weighted by Crippen LogP contribution is 2.42. The van der Waals surface area contributed by atoms with Gasteiger partial charge in [-0.25, -0.2) is 0 Å². The van der Waals surface area contributed by atoms with Crippen molar-refractivity contribution in [2.45, 2.75) is 30.8 Å². The first-order valence-electron chi connectivity index (χ1n) is 7.94. The van der Waals surface area contributed by atoms with E-state index in [9.17, 15) is 4.79 Å². The zero-order valence-electron chi connectivity index (χ0n) is 13.5. The van der Waals surface area contributed by atoms with Gasteiger partial charge in [0.2, 0.25) is 11.0 Å². The Labute approximate surface area is 152 Å². The van der Waals surface area contributed by atoms with Crippen LogP contribution in [-0.4, -0.2) is 36.6 Å². The molecule has 0 saturated heterocycles. The van der Waals surface area contributed by atoms with Gasteiger partial charge < -0.3 is 0 Å². The molecule has 0 bridgehead atoms. The molecule has 0 radical (unpaired) electrons. The lowest BCUT2D eigenvalue weighted by molar-refractivity contribution is -0.113. The average molecular weight is 372 g/mol. The molecular formula is C16H16N6OS2. The second-order valence-electron chi connectivity index (χ2n) is 5.76. The van der Waals surface area contributed by atoms with E-state index in [2.05, 4.69) is 25.7 Å². The molecule has 1 N–H and O–H groups in total. The highest BCUT2D eigenvalue weighted by molar-refractivity contribution is 7.99. The Balaban J connectivity index is 1.40. The topological polar surface area (TPSA) is 85.6 Å². The number of para-hydroxylation sites is 1. The smallest absolute Gasteiger partial charge is 0.236 e. The Bertz CT molecular complexity index is 887. The zero-order chi connectivity index (χ0) is 17.2. The van der Waals surface area contributed by atoms with Crippen LogP contribution in [0.3, 0.4) is 0 Å². The van der Waals surface area contributed by atoms with Gasteiger partial charge in [-0.3, -0.25) is 14.7 Å². The van der Waals surface area contributed by atoms with Crippen molar-refractivity contribution in [3.63, 3.8) is 0 Å². The van der Waals surface area contributed by atoms with Crippen LogP contribution in [0.4, 0.5) is 5.13 Å². The van der Waals surface area contributed by atoms with E-state index in [4.69, 9.17) is 0 Å². The fraction of sp³-hybridized carbons (Fsp3) is 0.312. The van der Waals surface area contributed by atoms with Crippen LogP contribution in [0.25, 0.3) is 5.69 Å². The van der Waals surface area contributed by atoms with Crippen molar-refractivity contribution in [2.24, 2.45) is 0 Å². The van der Waals surface area contributed by atoms with Crippen molar-refractivity contribution in [3.05, 3.63) is 41.2 Å². The minimum absolute atomic E-state index is 0.122. The second-order valence-corrected chi connectivity index (χ2v) is 7.71. The summed E-state index contributed by atoms with van der Waals surface area (Å²) >= 11 is 2.81. The van der Waals surface area contributed by atoms with Crippen molar-refractivity contribution in [1.29, 1.82) is 0 Å². The fourth-order valence-electron chi connectivity index (χ4n) is 2.38. The molecule has 1 aromatic carbocycles. The SMILES string of the molecule is Cc1nnc(SCC(=O)Nc2nnc(C3CC3)s2)n1-c1ccccc1. The second kappa shape index (κ2) is 6.93. The minimum Gasteiger partial charge on any atom is -0.300 e. The van der Waals surface area contributed by atoms with E-state index in [1.807, 2.05) is 41.8 Å². The number of benzene rings is 1. The molecule has 3 aromatic rings. The van der Waals surface area contributed by atoms with Crippen LogP contribution in [0.2, 0.25) is 0 Å². The summed E-state index contributed by atoms with van der Waals surface area (Å²) in [5.74, 6) is 1.45. The number of nitrogens with zero attached hydrogens (tertiary/aromatic N) is 5. The molecule has 1 fully saturated rings. The Hall–Kier alpha value is -2.26. The number of rotatable bonds is 6. The Morgan fingerprint density at radius 1 is 1.24 bits per heavy atom. The maximum absolute atomic E-state index is 12.2. The number of carbonyl (C=O) groups is 1. The quantitative estimate of drug-likeness (QED) is 0.670. The summed E-state index contributed by atoms with van der Waals surface area (Å²) in [5, 5.41) is 21.5. The van der Waals surface area contributed by atoms with E-state index in [1.54, 1.807) is 0 Å². The molecule has 0 unspecified atom stereocenters. The number of nitrogens with one attached hydrogen (secondary N) is 1. The summed E-state index contributed by atoms with van der Waals surface area (Å²) in [7, 11) is 0. The lowest BCUT2D eigenvalue weighted by atomic mass is 10.3. The average Bonchev–Trinajstić information content (AvgIpc) is 3.26. The number of anilines is 1. The van der Waals surface area contributed by atoms with Crippen LogP contribution in [-0.2, 0) is 4.79 Å². The van der Waals surface area contributed by atoms with Gasteiger partial charge in [0.15, 0.2) is 5.16 Å². The third-order valence-corrected chi connectivity index (χ3v) is 5.69. The van der Waals surface area contributed by atoms with Crippen molar-refractivity contribution in [1.82, 2.24) is 25.0 Å². The highest BCUT2D eigenvalue weighted by Gasteiger charge is 2.27. The minimum atomic E-state index is -0.122. The number of thioether (sulfide) groups is 1. The maximum Gasteiger partial charge on any atom is 0.236 e. The van der Waals surface area contributed by atoms with E-state index in [0.29, 0.717) is 16.2 Å². The van der Waals surface area contributed by atoms with E-state index in [-0.39, 0.29) is 11.7 Å². The lowest BCUT2D eigenvalue weighted by Crippen LogP contribution is -2.14. The summed E-state index contributed by atoms with van der Waals surface area (Å²) < 4.78 is 1.94. The molecule has 25 heavy (non-hydrogen) atoms. The molecule has 1 amide bonds. The third kappa shape index (κ3) is 3.72. The molecule has 2 heterocycles. The van der Waals surface area contributed by atoms with Crippen LogP contribution in [0.1, 0.15) is 29.6 Å². The number of carbonyl (C=O) groups excluding carboxylic acids is 1. The maximum atomic E-state index is 12.2. The largest absolute Gasteiger partial charge is 0.300 e. The molecule has 2 aromatic heterocycles. The fourth-order valence-corrected chi connectivity index (χ4v) is 4.10. The molecule has 1 aliphatic carbocycles. The van der Waals surface area contributed by atoms with Gasteiger partial charge in [0.25, 0.3) is 0 Å². The third-order valence-electron chi connectivity index (χ3n) is 3.76. The van der Waals surface area contributed by atoms with Crippen LogP contribution < -0.4 is 5.32 Å². The van der Waals surface area contributed by atoms with E-state index in [1.165, 1.54) is 35.9 Å². The lowest BCUT2D eigenvalue weighted by Gasteiger charge is -2.07. The zero-order valence-corrected chi connectivity index (χ0v) is 15.2. The number of amides is 1. The number of hydrogen-bond donors (Lipinski definition) is 1. The Kier molecular flexibility index (Phi) is 4.50. The normalized spacial score (nSPS) is 13.8. The monoisotopic (exact) mass is 372 g/mol. The van der Waals surface area contributed by atoms with Crippen molar-refractivity contribution in [2.75, 3.05) is 11.1 Å². The Morgan fingerprint density at radius 2 is 2.04 bits per heavy atom. The molecule has 7 nitrogen and oxygen atoms in total. The van der Waals surface area contributed by atoms with Gasteiger partial charge in [-0.15, -0.1) is 20.4 Å². The first-order valence-corrected chi connectivity index (χ1v) is 9.74. The van der Waals surface area contributed by atoms with Crippen molar-refractivity contribution in [3.8, 4) is 5.69 Å². The van der Waals surface area contributed by atoms with Crippen LogP contribution >= 0.6 is 23.1 Å². The van der Waals surface area contributed by atoms with Gasteiger partial charge in [0, 0.05) is 11.6 Å². The van der Waals surface area contributed by atoms with Crippen LogP contribution in [0.5, 0.6) is 0 Å². The van der Waals surface area contributed by atoms with Gasteiger partial charge in [0.05, 0.1) is 5.75 Å². The standard InChI is InChI=1S/C16H16N6OS2/c1-10-18-21-16(22(10)12-5-3-2-4-6-12)24-9-13(23)17-15-20-19-14(25-15)11-7-8-11/h2-6,11H,7-9H2,1H3,(H,17,20,23). The summed E-state index contributed by atoms with van der Waals surface area (Å²) in [6, 6.07) is 9.86. The summed E-state index contributed by atoms with van der Waals surface area (Å²) in [5.41, 5.74) is 0.978. The highest BCUT2D eigenvalue weighted by atomic mass is 32.2.